The molecule has 3 aromatic carbocycles. The SMILES string of the molecule is C1=C(c2ccccc2)CC(c2ccccc2)=C1.C1=Cc2ccccc2C1.[CH3-].[CH3-].[Cl][Zr+2][Cl]. The summed E-state index contributed by atoms with van der Waals surface area (Å²) in [7, 11) is 9.87. The van der Waals surface area contributed by atoms with Crippen molar-refractivity contribution in [2.45, 2.75) is 12.8 Å². The zero-order valence-corrected chi connectivity index (χ0v) is 22.0. The summed E-state index contributed by atoms with van der Waals surface area (Å²) in [6.45, 7) is 0. The predicted octanol–water partition coefficient (Wildman–Crippen LogP) is 9.09. The Morgan fingerprint density at radius 2 is 1.06 bits per heavy atom. The van der Waals surface area contributed by atoms with Crippen LogP contribution in [0.15, 0.2) is 103 Å². The third kappa shape index (κ3) is 8.42. The first-order valence-electron chi connectivity index (χ1n) is 9.53. The maximum atomic E-state index is 4.93. The molecule has 0 unspecified atom stereocenters. The van der Waals surface area contributed by atoms with Gasteiger partial charge in [0.05, 0.1) is 0 Å². The third-order valence-electron chi connectivity index (χ3n) is 4.85. The second kappa shape index (κ2) is 15.2. The van der Waals surface area contributed by atoms with Crippen molar-refractivity contribution in [1.82, 2.24) is 0 Å². The van der Waals surface area contributed by atoms with Crippen LogP contribution in [0.1, 0.15) is 28.7 Å². The molecule has 0 N–H and O–H groups in total. The van der Waals surface area contributed by atoms with Crippen LogP contribution in [0.4, 0.5) is 0 Å². The van der Waals surface area contributed by atoms with Gasteiger partial charge in [-0.25, -0.2) is 0 Å². The van der Waals surface area contributed by atoms with Gasteiger partial charge in [-0.15, -0.1) is 0 Å². The van der Waals surface area contributed by atoms with Gasteiger partial charge in [-0.05, 0) is 46.2 Å². The zero-order valence-electron chi connectivity index (χ0n) is 18.1. The van der Waals surface area contributed by atoms with Crippen molar-refractivity contribution in [1.29, 1.82) is 0 Å². The van der Waals surface area contributed by atoms with Gasteiger partial charge < -0.3 is 14.9 Å². The number of hydrogen-bond donors (Lipinski definition) is 0. The summed E-state index contributed by atoms with van der Waals surface area (Å²) in [5, 5.41) is 0. The molecule has 0 saturated carbocycles. The minimum absolute atomic E-state index is 0. The molecule has 0 aliphatic heterocycles. The van der Waals surface area contributed by atoms with Crippen LogP contribution in [0.5, 0.6) is 0 Å². The molecule has 2 aliphatic carbocycles. The number of benzene rings is 3. The summed E-state index contributed by atoms with van der Waals surface area (Å²) in [5.41, 5.74) is 8.31. The number of allylic oxidation sites excluding steroid dienone is 5. The Morgan fingerprint density at radius 3 is 1.55 bits per heavy atom. The Morgan fingerprint density at radius 1 is 0.613 bits per heavy atom. The summed E-state index contributed by atoms with van der Waals surface area (Å²) in [5.74, 6) is 0. The number of fused-ring (bicyclic) bond motifs is 1. The number of hydrogen-bond acceptors (Lipinski definition) is 0. The molecule has 0 bridgehead atoms. The first kappa shape index (κ1) is 27.4. The quantitative estimate of drug-likeness (QED) is 0.292. The molecule has 0 amide bonds. The molecule has 5 rings (SSSR count). The fourth-order valence-corrected chi connectivity index (χ4v) is 3.42. The van der Waals surface area contributed by atoms with Crippen LogP contribution in [0.3, 0.4) is 0 Å². The minimum atomic E-state index is -0.826. The van der Waals surface area contributed by atoms with E-state index >= 15 is 0 Å². The Labute approximate surface area is 207 Å². The monoisotopic (exact) mass is 524 g/mol. The number of rotatable bonds is 2. The molecular weight excluding hydrogens is 498 g/mol. The summed E-state index contributed by atoms with van der Waals surface area (Å²) in [6.07, 6.45) is 11.0. The average Bonchev–Trinajstić information content (AvgIpc) is 3.46. The van der Waals surface area contributed by atoms with Gasteiger partial charge in [-0.1, -0.05) is 109 Å². The van der Waals surface area contributed by atoms with Crippen molar-refractivity contribution >= 4 is 34.2 Å². The molecule has 3 aromatic rings. The first-order valence-corrected chi connectivity index (χ1v) is 15.9. The molecule has 0 radical (unpaired) electrons. The summed E-state index contributed by atoms with van der Waals surface area (Å²) in [6, 6.07) is 29.7. The van der Waals surface area contributed by atoms with Crippen LogP contribution in [0, 0.1) is 14.9 Å². The van der Waals surface area contributed by atoms with Crippen LogP contribution in [-0.4, -0.2) is 0 Å². The van der Waals surface area contributed by atoms with E-state index in [9.17, 15) is 0 Å². The van der Waals surface area contributed by atoms with E-state index in [1.807, 2.05) is 0 Å². The van der Waals surface area contributed by atoms with Crippen molar-refractivity contribution in [2.24, 2.45) is 0 Å². The van der Waals surface area contributed by atoms with E-state index in [4.69, 9.17) is 17.0 Å². The molecule has 0 nitrogen and oxygen atoms in total. The Balaban J connectivity index is 0.000000292. The van der Waals surface area contributed by atoms with Crippen LogP contribution in [-0.2, 0) is 27.3 Å². The summed E-state index contributed by atoms with van der Waals surface area (Å²) >= 11 is -0.826. The van der Waals surface area contributed by atoms with Crippen molar-refractivity contribution in [3.8, 4) is 0 Å². The molecular formula is C28H28Cl2Zr. The van der Waals surface area contributed by atoms with Crippen LogP contribution in [0.25, 0.3) is 17.2 Å². The standard InChI is InChI=1S/C17H14.C9H8.2CH3.2ClH.Zr/c1-3-7-14(8-4-1)16-11-12-17(13-16)15-9-5-2-6-10-15;1-2-5-9-7-3-6-8(9)4-1;;;;;/h1-12H,13H2;1-6H,7H2;2*1H3;2*1H;/q;;2*-1;;;+4/p-2. The van der Waals surface area contributed by atoms with E-state index in [1.165, 1.54) is 33.4 Å². The molecule has 158 valence electrons. The van der Waals surface area contributed by atoms with Gasteiger partial charge in [0.25, 0.3) is 0 Å². The second-order valence-corrected chi connectivity index (χ2v) is 10.4. The van der Waals surface area contributed by atoms with Gasteiger partial charge in [0.15, 0.2) is 0 Å². The molecule has 0 heterocycles. The number of halogens is 2. The van der Waals surface area contributed by atoms with Crippen molar-refractivity contribution in [3.05, 3.63) is 140 Å². The topological polar surface area (TPSA) is 0 Å². The molecule has 0 saturated heterocycles. The Bertz CT molecular complexity index is 936. The van der Waals surface area contributed by atoms with Gasteiger partial charge in [-0.3, -0.25) is 0 Å². The van der Waals surface area contributed by atoms with Gasteiger partial charge in [-0.2, -0.15) is 0 Å². The molecule has 0 atom stereocenters. The van der Waals surface area contributed by atoms with E-state index in [0.717, 1.165) is 12.8 Å². The first-order chi connectivity index (χ1) is 14.3. The zero-order chi connectivity index (χ0) is 20.3. The normalized spacial score (nSPS) is 12.2. The van der Waals surface area contributed by atoms with Gasteiger partial charge >= 0.3 is 37.9 Å². The Kier molecular flexibility index (Phi) is 13.4. The molecule has 0 aromatic heterocycles. The summed E-state index contributed by atoms with van der Waals surface area (Å²) in [4.78, 5) is 0. The van der Waals surface area contributed by atoms with Gasteiger partial charge in [0.2, 0.25) is 0 Å². The predicted molar refractivity (Wildman–Crippen MR) is 137 cm³/mol. The van der Waals surface area contributed by atoms with Crippen LogP contribution >= 0.6 is 17.0 Å². The van der Waals surface area contributed by atoms with E-state index in [0.29, 0.717) is 0 Å². The molecule has 0 spiro atoms. The maximum absolute atomic E-state index is 4.93. The third-order valence-corrected chi connectivity index (χ3v) is 4.85. The van der Waals surface area contributed by atoms with Gasteiger partial charge in [0, 0.05) is 0 Å². The van der Waals surface area contributed by atoms with Crippen molar-refractivity contribution in [3.63, 3.8) is 0 Å². The molecule has 3 heteroatoms. The van der Waals surface area contributed by atoms with E-state index in [-0.39, 0.29) is 14.9 Å². The summed E-state index contributed by atoms with van der Waals surface area (Å²) < 4.78 is 0. The Hall–Kier alpha value is -1.66. The molecule has 0 fully saturated rings. The van der Waals surface area contributed by atoms with Gasteiger partial charge in [0.1, 0.15) is 0 Å². The fourth-order valence-electron chi connectivity index (χ4n) is 3.42. The molecule has 2 aliphatic rings. The average molecular weight is 527 g/mol. The van der Waals surface area contributed by atoms with Crippen molar-refractivity contribution in [2.75, 3.05) is 0 Å². The van der Waals surface area contributed by atoms with E-state index in [1.54, 1.807) is 0 Å². The van der Waals surface area contributed by atoms with E-state index in [2.05, 4.69) is 109 Å². The van der Waals surface area contributed by atoms with E-state index < -0.39 is 20.8 Å². The van der Waals surface area contributed by atoms with Crippen LogP contribution in [0.2, 0.25) is 0 Å². The second-order valence-electron chi connectivity index (χ2n) is 6.67. The fraction of sp³-hybridized carbons (Fsp3) is 0.0714. The van der Waals surface area contributed by atoms with Crippen LogP contribution < -0.4 is 0 Å². The molecule has 31 heavy (non-hydrogen) atoms. The van der Waals surface area contributed by atoms with Crippen molar-refractivity contribution < 1.29 is 20.8 Å².